The lowest BCUT2D eigenvalue weighted by atomic mass is 9.99. The van der Waals surface area contributed by atoms with Crippen molar-refractivity contribution in [2.45, 2.75) is 25.0 Å². The second kappa shape index (κ2) is 3.83. The topological polar surface area (TPSA) is 44.5 Å². The van der Waals surface area contributed by atoms with E-state index in [1.54, 1.807) is 14.2 Å². The summed E-state index contributed by atoms with van der Waals surface area (Å²) < 4.78 is 10.4. The summed E-state index contributed by atoms with van der Waals surface area (Å²) in [7, 11) is 3.37. The molecule has 3 nitrogen and oxygen atoms in total. The number of rotatable bonds is 4. The zero-order chi connectivity index (χ0) is 10.9. The Balaban J connectivity index is 2.37. The zero-order valence-corrected chi connectivity index (χ0v) is 9.25. The highest BCUT2D eigenvalue weighted by Crippen LogP contribution is 2.45. The summed E-state index contributed by atoms with van der Waals surface area (Å²) in [6.07, 6.45) is 2.10. The molecule has 0 amide bonds. The largest absolute Gasteiger partial charge is 0.497 e. The lowest BCUT2D eigenvalue weighted by Gasteiger charge is -2.16. The van der Waals surface area contributed by atoms with Crippen LogP contribution in [0.1, 0.15) is 24.0 Å². The molecule has 1 aliphatic rings. The summed E-state index contributed by atoms with van der Waals surface area (Å²) in [5.41, 5.74) is 8.41. The van der Waals surface area contributed by atoms with Crippen LogP contribution in [0.2, 0.25) is 0 Å². The molecule has 0 aliphatic heterocycles. The van der Waals surface area contributed by atoms with E-state index in [9.17, 15) is 0 Å². The first-order chi connectivity index (χ1) is 7.19. The monoisotopic (exact) mass is 207 g/mol. The van der Waals surface area contributed by atoms with Crippen molar-refractivity contribution in [2.75, 3.05) is 14.2 Å². The first-order valence-electron chi connectivity index (χ1n) is 5.15. The van der Waals surface area contributed by atoms with Crippen molar-refractivity contribution >= 4 is 0 Å². The summed E-state index contributed by atoms with van der Waals surface area (Å²) in [5.74, 6) is 0.863. The van der Waals surface area contributed by atoms with Gasteiger partial charge in [-0.15, -0.1) is 0 Å². The normalized spacial score (nSPS) is 17.5. The van der Waals surface area contributed by atoms with Gasteiger partial charge in [-0.05, 0) is 36.1 Å². The molecule has 1 aliphatic carbocycles. The minimum atomic E-state index is -0.137. The Bertz CT molecular complexity index is 359. The van der Waals surface area contributed by atoms with Crippen LogP contribution in [0.15, 0.2) is 18.2 Å². The SMILES string of the molecule is COCc1ccc(OC)cc1C1(N)CC1. The van der Waals surface area contributed by atoms with Crippen LogP contribution in [0, 0.1) is 0 Å². The van der Waals surface area contributed by atoms with Gasteiger partial charge in [0.05, 0.1) is 13.7 Å². The highest BCUT2D eigenvalue weighted by molar-refractivity contribution is 5.42. The molecule has 0 heterocycles. The van der Waals surface area contributed by atoms with E-state index in [-0.39, 0.29) is 5.54 Å². The fourth-order valence-corrected chi connectivity index (χ4v) is 1.83. The van der Waals surface area contributed by atoms with Crippen LogP contribution < -0.4 is 10.5 Å². The molecule has 0 radical (unpaired) electrons. The third-order valence-corrected chi connectivity index (χ3v) is 2.94. The average Bonchev–Trinajstić information content (AvgIpc) is 2.99. The molecule has 3 heteroatoms. The maximum Gasteiger partial charge on any atom is 0.119 e. The second-order valence-corrected chi connectivity index (χ2v) is 4.11. The van der Waals surface area contributed by atoms with Crippen molar-refractivity contribution in [3.8, 4) is 5.75 Å². The van der Waals surface area contributed by atoms with Crippen LogP contribution >= 0.6 is 0 Å². The number of ether oxygens (including phenoxy) is 2. The average molecular weight is 207 g/mol. The van der Waals surface area contributed by atoms with Gasteiger partial charge < -0.3 is 15.2 Å². The Kier molecular flexibility index (Phi) is 2.67. The van der Waals surface area contributed by atoms with Gasteiger partial charge in [-0.1, -0.05) is 6.07 Å². The maximum absolute atomic E-state index is 6.21. The van der Waals surface area contributed by atoms with Gasteiger partial charge in [-0.25, -0.2) is 0 Å². The van der Waals surface area contributed by atoms with Crippen LogP contribution in [-0.2, 0) is 16.9 Å². The first kappa shape index (κ1) is 10.5. The maximum atomic E-state index is 6.21. The molecule has 82 valence electrons. The van der Waals surface area contributed by atoms with E-state index in [4.69, 9.17) is 15.2 Å². The fourth-order valence-electron chi connectivity index (χ4n) is 1.83. The lowest BCUT2D eigenvalue weighted by molar-refractivity contribution is 0.183. The Morgan fingerprint density at radius 3 is 2.60 bits per heavy atom. The molecule has 0 aromatic heterocycles. The van der Waals surface area contributed by atoms with E-state index in [0.29, 0.717) is 6.61 Å². The number of nitrogens with two attached hydrogens (primary N) is 1. The van der Waals surface area contributed by atoms with Gasteiger partial charge in [0.15, 0.2) is 0 Å². The van der Waals surface area contributed by atoms with Crippen molar-refractivity contribution in [1.82, 2.24) is 0 Å². The van der Waals surface area contributed by atoms with Gasteiger partial charge in [0.1, 0.15) is 5.75 Å². The summed E-state index contributed by atoms with van der Waals surface area (Å²) >= 11 is 0. The minimum Gasteiger partial charge on any atom is -0.497 e. The zero-order valence-electron chi connectivity index (χ0n) is 9.25. The molecule has 0 saturated heterocycles. The van der Waals surface area contributed by atoms with E-state index in [0.717, 1.165) is 18.6 Å². The van der Waals surface area contributed by atoms with Crippen molar-refractivity contribution in [3.63, 3.8) is 0 Å². The van der Waals surface area contributed by atoms with Gasteiger partial charge in [-0.3, -0.25) is 0 Å². The Morgan fingerprint density at radius 1 is 1.33 bits per heavy atom. The molecular weight excluding hydrogens is 190 g/mol. The standard InChI is InChI=1S/C12H17NO2/c1-14-8-9-3-4-10(15-2)7-11(9)12(13)5-6-12/h3-4,7H,5-6,8,13H2,1-2H3. The van der Waals surface area contributed by atoms with Gasteiger partial charge in [0.2, 0.25) is 0 Å². The predicted molar refractivity (Wildman–Crippen MR) is 58.8 cm³/mol. The predicted octanol–water partition coefficient (Wildman–Crippen LogP) is 1.79. The van der Waals surface area contributed by atoms with Gasteiger partial charge in [-0.2, -0.15) is 0 Å². The molecule has 1 aromatic carbocycles. The van der Waals surface area contributed by atoms with E-state index in [1.807, 2.05) is 18.2 Å². The fraction of sp³-hybridized carbons (Fsp3) is 0.500. The van der Waals surface area contributed by atoms with Gasteiger partial charge in [0, 0.05) is 12.6 Å². The highest BCUT2D eigenvalue weighted by atomic mass is 16.5. The summed E-state index contributed by atoms with van der Waals surface area (Å²) in [6.45, 7) is 0.609. The van der Waals surface area contributed by atoms with Crippen LogP contribution in [0.3, 0.4) is 0 Å². The van der Waals surface area contributed by atoms with Crippen LogP contribution in [0.25, 0.3) is 0 Å². The molecule has 0 unspecified atom stereocenters. The molecule has 0 bridgehead atoms. The van der Waals surface area contributed by atoms with Crippen molar-refractivity contribution in [2.24, 2.45) is 5.73 Å². The quantitative estimate of drug-likeness (QED) is 0.818. The molecule has 0 atom stereocenters. The van der Waals surface area contributed by atoms with E-state index < -0.39 is 0 Å². The Morgan fingerprint density at radius 2 is 2.07 bits per heavy atom. The third kappa shape index (κ3) is 1.98. The van der Waals surface area contributed by atoms with Gasteiger partial charge in [0.25, 0.3) is 0 Å². The Labute approximate surface area is 90.2 Å². The number of hydrogen-bond donors (Lipinski definition) is 1. The van der Waals surface area contributed by atoms with Crippen LogP contribution in [-0.4, -0.2) is 14.2 Å². The van der Waals surface area contributed by atoms with E-state index in [2.05, 4.69) is 0 Å². The number of methoxy groups -OCH3 is 2. The van der Waals surface area contributed by atoms with Crippen molar-refractivity contribution < 1.29 is 9.47 Å². The van der Waals surface area contributed by atoms with E-state index >= 15 is 0 Å². The molecule has 0 spiro atoms. The lowest BCUT2D eigenvalue weighted by Crippen LogP contribution is -2.21. The molecule has 2 rings (SSSR count). The molecule has 1 aromatic rings. The van der Waals surface area contributed by atoms with Gasteiger partial charge >= 0.3 is 0 Å². The molecule has 2 N–H and O–H groups in total. The number of hydrogen-bond acceptors (Lipinski definition) is 3. The van der Waals surface area contributed by atoms with E-state index in [1.165, 1.54) is 11.1 Å². The first-order valence-corrected chi connectivity index (χ1v) is 5.15. The Hall–Kier alpha value is -1.06. The van der Waals surface area contributed by atoms with Crippen LogP contribution in [0.5, 0.6) is 5.75 Å². The van der Waals surface area contributed by atoms with Crippen molar-refractivity contribution in [3.05, 3.63) is 29.3 Å². The summed E-state index contributed by atoms with van der Waals surface area (Å²) in [6, 6.07) is 6.01. The summed E-state index contributed by atoms with van der Waals surface area (Å²) in [5, 5.41) is 0. The molecular formula is C12H17NO2. The summed E-state index contributed by atoms with van der Waals surface area (Å²) in [4.78, 5) is 0. The third-order valence-electron chi connectivity index (χ3n) is 2.94. The molecule has 15 heavy (non-hydrogen) atoms. The van der Waals surface area contributed by atoms with Crippen molar-refractivity contribution in [1.29, 1.82) is 0 Å². The highest BCUT2D eigenvalue weighted by Gasteiger charge is 2.41. The molecule has 1 fully saturated rings. The smallest absolute Gasteiger partial charge is 0.119 e. The number of benzene rings is 1. The minimum absolute atomic E-state index is 0.137. The second-order valence-electron chi connectivity index (χ2n) is 4.11. The van der Waals surface area contributed by atoms with Crippen LogP contribution in [0.4, 0.5) is 0 Å². The molecule has 1 saturated carbocycles.